The summed E-state index contributed by atoms with van der Waals surface area (Å²) in [6, 6.07) is 4.25. The fourth-order valence-corrected chi connectivity index (χ4v) is 3.27. The normalized spacial score (nSPS) is 20.3. The van der Waals surface area contributed by atoms with Gasteiger partial charge >= 0.3 is 0 Å². The molecule has 0 radical (unpaired) electrons. The third kappa shape index (κ3) is 3.12. The Labute approximate surface area is 139 Å². The van der Waals surface area contributed by atoms with Crippen molar-refractivity contribution in [3.05, 3.63) is 41.5 Å². The van der Waals surface area contributed by atoms with Crippen molar-refractivity contribution < 1.29 is 14.3 Å². The third-order valence-electron chi connectivity index (χ3n) is 4.59. The topological polar surface area (TPSA) is 93.2 Å². The van der Waals surface area contributed by atoms with Gasteiger partial charge in [-0.05, 0) is 56.0 Å². The quantitative estimate of drug-likeness (QED) is 0.797. The smallest absolute Gasteiger partial charge is 0.275 e. The second kappa shape index (κ2) is 6.60. The highest BCUT2D eigenvalue weighted by Crippen LogP contribution is 2.26. The van der Waals surface area contributed by atoms with Crippen molar-refractivity contribution in [2.45, 2.75) is 32.2 Å². The minimum Gasteiger partial charge on any atom is -0.504 e. The van der Waals surface area contributed by atoms with E-state index in [9.17, 15) is 14.3 Å². The van der Waals surface area contributed by atoms with Crippen molar-refractivity contribution in [1.82, 2.24) is 15.1 Å². The summed E-state index contributed by atoms with van der Waals surface area (Å²) in [5, 5.41) is 17.1. The van der Waals surface area contributed by atoms with E-state index < -0.39 is 5.91 Å². The zero-order valence-corrected chi connectivity index (χ0v) is 13.5. The maximum atomic E-state index is 13.2. The zero-order valence-electron chi connectivity index (χ0n) is 13.5. The predicted octanol–water partition coefficient (Wildman–Crippen LogP) is 1.88. The van der Waals surface area contributed by atoms with E-state index in [1.807, 2.05) is 0 Å². The van der Waals surface area contributed by atoms with Crippen molar-refractivity contribution in [3.63, 3.8) is 0 Å². The van der Waals surface area contributed by atoms with E-state index in [2.05, 4.69) is 10.4 Å². The molecule has 1 saturated carbocycles. The number of carbonyl (C=O) groups is 1. The molecule has 128 valence electrons. The number of nitrogens with two attached hydrogens (primary N) is 1. The Bertz CT molecular complexity index is 759. The van der Waals surface area contributed by atoms with Gasteiger partial charge in [0, 0.05) is 6.04 Å². The molecule has 6 nitrogen and oxygen atoms in total. The molecule has 1 aliphatic carbocycles. The first-order valence-electron chi connectivity index (χ1n) is 8.05. The van der Waals surface area contributed by atoms with Crippen LogP contribution in [0.2, 0.25) is 0 Å². The molecule has 0 aliphatic heterocycles. The lowest BCUT2D eigenvalue weighted by Gasteiger charge is -2.18. The number of hydrogen-bond acceptors (Lipinski definition) is 4. The van der Waals surface area contributed by atoms with E-state index >= 15 is 0 Å². The van der Waals surface area contributed by atoms with Crippen LogP contribution in [0.1, 0.15) is 35.3 Å². The lowest BCUT2D eigenvalue weighted by Crippen LogP contribution is -2.40. The van der Waals surface area contributed by atoms with Crippen molar-refractivity contribution in [3.8, 4) is 11.4 Å². The van der Waals surface area contributed by atoms with Crippen LogP contribution in [0.4, 0.5) is 4.39 Å². The van der Waals surface area contributed by atoms with Crippen LogP contribution in [-0.4, -0.2) is 33.4 Å². The Morgan fingerprint density at radius 3 is 3.00 bits per heavy atom. The third-order valence-corrected chi connectivity index (χ3v) is 4.59. The van der Waals surface area contributed by atoms with E-state index in [0.29, 0.717) is 17.8 Å². The zero-order chi connectivity index (χ0) is 17.3. The van der Waals surface area contributed by atoms with Gasteiger partial charge in [0.05, 0.1) is 11.9 Å². The fraction of sp³-hybridized carbons (Fsp3) is 0.412. The Kier molecular flexibility index (Phi) is 4.53. The van der Waals surface area contributed by atoms with Crippen LogP contribution >= 0.6 is 0 Å². The molecular weight excluding hydrogens is 311 g/mol. The van der Waals surface area contributed by atoms with Crippen LogP contribution in [0.25, 0.3) is 5.69 Å². The molecule has 1 aliphatic rings. The van der Waals surface area contributed by atoms with E-state index in [4.69, 9.17) is 5.73 Å². The average molecular weight is 332 g/mol. The number of amides is 1. The highest BCUT2D eigenvalue weighted by atomic mass is 19.1. The molecule has 1 aromatic carbocycles. The van der Waals surface area contributed by atoms with Gasteiger partial charge in [0.2, 0.25) is 0 Å². The Hall–Kier alpha value is -2.41. The lowest BCUT2D eigenvalue weighted by atomic mass is 10.0. The number of carbonyl (C=O) groups excluding carboxylic acids is 1. The summed E-state index contributed by atoms with van der Waals surface area (Å²) >= 11 is 0. The van der Waals surface area contributed by atoms with Crippen molar-refractivity contribution in [2.24, 2.45) is 11.7 Å². The molecule has 2 aromatic rings. The van der Waals surface area contributed by atoms with Gasteiger partial charge in [-0.1, -0.05) is 6.42 Å². The Morgan fingerprint density at radius 1 is 1.50 bits per heavy atom. The minimum absolute atomic E-state index is 0.0135. The summed E-state index contributed by atoms with van der Waals surface area (Å²) in [5.41, 5.74) is 6.95. The van der Waals surface area contributed by atoms with Crippen LogP contribution in [0.3, 0.4) is 0 Å². The van der Waals surface area contributed by atoms with Crippen LogP contribution in [0.15, 0.2) is 24.4 Å². The molecule has 0 saturated heterocycles. The molecule has 2 unspecified atom stereocenters. The number of aromatic hydroxyl groups is 1. The van der Waals surface area contributed by atoms with E-state index in [1.165, 1.54) is 23.0 Å². The van der Waals surface area contributed by atoms with Gasteiger partial charge in [0.1, 0.15) is 5.82 Å². The average Bonchev–Trinajstić information content (AvgIpc) is 3.13. The van der Waals surface area contributed by atoms with Gasteiger partial charge in [-0.2, -0.15) is 5.10 Å². The first-order chi connectivity index (χ1) is 11.5. The van der Waals surface area contributed by atoms with Crippen molar-refractivity contribution in [2.75, 3.05) is 6.54 Å². The number of aromatic nitrogens is 2. The molecular formula is C17H21FN4O2. The van der Waals surface area contributed by atoms with Gasteiger partial charge < -0.3 is 16.2 Å². The molecule has 1 aromatic heterocycles. The van der Waals surface area contributed by atoms with Gasteiger partial charge in [0.15, 0.2) is 11.4 Å². The number of rotatable bonds is 4. The molecule has 1 heterocycles. The fourth-order valence-electron chi connectivity index (χ4n) is 3.27. The number of halogens is 1. The summed E-state index contributed by atoms with van der Waals surface area (Å²) in [4.78, 5) is 12.4. The molecule has 7 heteroatoms. The largest absolute Gasteiger partial charge is 0.504 e. The SMILES string of the molecule is Cc1cc(F)ccc1-n1cc(O)c(C(=O)NC2CCCC2CN)n1. The molecule has 0 spiro atoms. The van der Waals surface area contributed by atoms with Crippen LogP contribution < -0.4 is 11.1 Å². The van der Waals surface area contributed by atoms with Crippen LogP contribution in [0, 0.1) is 18.7 Å². The number of aryl methyl sites for hydroxylation is 1. The van der Waals surface area contributed by atoms with E-state index in [1.54, 1.807) is 13.0 Å². The Morgan fingerprint density at radius 2 is 2.29 bits per heavy atom. The van der Waals surface area contributed by atoms with Crippen molar-refractivity contribution in [1.29, 1.82) is 0 Å². The summed E-state index contributed by atoms with van der Waals surface area (Å²) in [5.74, 6) is -0.716. The highest BCUT2D eigenvalue weighted by Gasteiger charge is 2.29. The van der Waals surface area contributed by atoms with Gasteiger partial charge in [-0.15, -0.1) is 0 Å². The molecule has 24 heavy (non-hydrogen) atoms. The first kappa shape index (κ1) is 16.4. The number of nitrogens with one attached hydrogen (secondary N) is 1. The van der Waals surface area contributed by atoms with Crippen LogP contribution in [-0.2, 0) is 0 Å². The molecule has 1 fully saturated rings. The van der Waals surface area contributed by atoms with Gasteiger partial charge in [0.25, 0.3) is 5.91 Å². The lowest BCUT2D eigenvalue weighted by molar-refractivity contribution is 0.0920. The van der Waals surface area contributed by atoms with Crippen LogP contribution in [0.5, 0.6) is 5.75 Å². The summed E-state index contributed by atoms with van der Waals surface area (Å²) in [7, 11) is 0. The monoisotopic (exact) mass is 332 g/mol. The minimum atomic E-state index is -0.420. The number of hydrogen-bond donors (Lipinski definition) is 3. The Balaban J connectivity index is 1.82. The van der Waals surface area contributed by atoms with Gasteiger partial charge in [-0.25, -0.2) is 9.07 Å². The second-order valence-electron chi connectivity index (χ2n) is 6.24. The van der Waals surface area contributed by atoms with Crippen molar-refractivity contribution >= 4 is 5.91 Å². The highest BCUT2D eigenvalue weighted by molar-refractivity contribution is 5.95. The summed E-state index contributed by atoms with van der Waals surface area (Å²) < 4.78 is 14.6. The maximum Gasteiger partial charge on any atom is 0.275 e. The summed E-state index contributed by atoms with van der Waals surface area (Å²) in [6.07, 6.45) is 4.26. The van der Waals surface area contributed by atoms with E-state index in [-0.39, 0.29) is 29.2 Å². The standard InChI is InChI=1S/C17H21FN4O2/c1-10-7-12(18)5-6-14(10)22-9-15(23)16(21-22)17(24)20-13-4-2-3-11(13)8-19/h5-7,9,11,13,23H,2-4,8,19H2,1H3,(H,20,24). The summed E-state index contributed by atoms with van der Waals surface area (Å²) in [6.45, 7) is 2.27. The predicted molar refractivity (Wildman–Crippen MR) is 87.6 cm³/mol. The number of benzene rings is 1. The molecule has 1 amide bonds. The molecule has 0 bridgehead atoms. The second-order valence-corrected chi connectivity index (χ2v) is 6.24. The number of nitrogens with zero attached hydrogens (tertiary/aromatic N) is 2. The molecule has 4 N–H and O–H groups in total. The van der Waals surface area contributed by atoms with E-state index in [0.717, 1.165) is 19.3 Å². The van der Waals surface area contributed by atoms with Gasteiger partial charge in [-0.3, -0.25) is 4.79 Å². The molecule has 2 atom stereocenters. The molecule has 3 rings (SSSR count). The maximum absolute atomic E-state index is 13.2. The first-order valence-corrected chi connectivity index (χ1v) is 8.05.